The maximum Gasteiger partial charge on any atom is 0.435 e. The van der Waals surface area contributed by atoms with E-state index in [0.29, 0.717) is 5.56 Å². The van der Waals surface area contributed by atoms with E-state index in [1.807, 2.05) is 25.1 Å². The molecule has 8 nitrogen and oxygen atoms in total. The van der Waals surface area contributed by atoms with E-state index in [1.54, 1.807) is 27.0 Å². The number of carbonyl (C=O) groups is 3. The topological polar surface area (TPSA) is 106 Å². The van der Waals surface area contributed by atoms with Crippen molar-refractivity contribution in [3.05, 3.63) is 53.5 Å². The average Bonchev–Trinajstić information content (AvgIpc) is 3.30. The van der Waals surface area contributed by atoms with Gasteiger partial charge in [-0.1, -0.05) is 11.6 Å². The summed E-state index contributed by atoms with van der Waals surface area (Å²) in [6.07, 6.45) is 2.43. The molecule has 8 heteroatoms. The third-order valence-electron chi connectivity index (χ3n) is 4.46. The molecule has 0 saturated heterocycles. The molecule has 1 aliphatic rings. The molecular weight excluding hydrogens is 372 g/mol. The quantitative estimate of drug-likeness (QED) is 0.652. The summed E-state index contributed by atoms with van der Waals surface area (Å²) in [4.78, 5) is 40.5. The SMILES string of the molecule is Cc1ccc2[nH]cc(C3=C(c4ccn(C(=O)OC(C)(C)C)n4)C(=O)NC3=O)c2c1. The second-order valence-corrected chi connectivity index (χ2v) is 7.91. The molecule has 2 N–H and O–H groups in total. The normalized spacial score (nSPS) is 14.6. The van der Waals surface area contributed by atoms with Crippen molar-refractivity contribution >= 4 is 40.0 Å². The summed E-state index contributed by atoms with van der Waals surface area (Å²) < 4.78 is 6.31. The molecule has 3 heterocycles. The fourth-order valence-electron chi connectivity index (χ4n) is 3.27. The van der Waals surface area contributed by atoms with Gasteiger partial charge in [-0.2, -0.15) is 9.78 Å². The molecule has 0 unspecified atom stereocenters. The Bertz CT molecular complexity index is 1210. The molecule has 29 heavy (non-hydrogen) atoms. The van der Waals surface area contributed by atoms with E-state index < -0.39 is 23.5 Å². The highest BCUT2D eigenvalue weighted by molar-refractivity contribution is 6.49. The van der Waals surface area contributed by atoms with Crippen molar-refractivity contribution in [1.82, 2.24) is 20.1 Å². The number of fused-ring (bicyclic) bond motifs is 1. The summed E-state index contributed by atoms with van der Waals surface area (Å²) >= 11 is 0. The highest BCUT2D eigenvalue weighted by atomic mass is 16.6. The largest absolute Gasteiger partial charge is 0.442 e. The number of hydrogen-bond donors (Lipinski definition) is 2. The second kappa shape index (κ2) is 6.44. The van der Waals surface area contributed by atoms with Crippen LogP contribution in [0.4, 0.5) is 4.79 Å². The number of nitrogens with zero attached hydrogens (tertiary/aromatic N) is 2. The lowest BCUT2D eigenvalue weighted by Crippen LogP contribution is -2.27. The highest BCUT2D eigenvalue weighted by Gasteiger charge is 2.35. The Kier molecular flexibility index (Phi) is 4.15. The van der Waals surface area contributed by atoms with E-state index in [-0.39, 0.29) is 16.8 Å². The van der Waals surface area contributed by atoms with Gasteiger partial charge >= 0.3 is 6.09 Å². The van der Waals surface area contributed by atoms with Crippen LogP contribution in [0, 0.1) is 6.92 Å². The van der Waals surface area contributed by atoms with Gasteiger partial charge in [0.15, 0.2) is 0 Å². The number of benzene rings is 1. The van der Waals surface area contributed by atoms with E-state index in [0.717, 1.165) is 21.1 Å². The Labute approximate surface area is 166 Å². The van der Waals surface area contributed by atoms with Crippen molar-refractivity contribution in [1.29, 1.82) is 0 Å². The van der Waals surface area contributed by atoms with E-state index in [1.165, 1.54) is 12.3 Å². The molecule has 1 aliphatic heterocycles. The highest BCUT2D eigenvalue weighted by Crippen LogP contribution is 2.34. The lowest BCUT2D eigenvalue weighted by atomic mass is 9.98. The summed E-state index contributed by atoms with van der Waals surface area (Å²) in [6.45, 7) is 7.20. The van der Waals surface area contributed by atoms with Crippen molar-refractivity contribution in [2.45, 2.75) is 33.3 Å². The zero-order valence-electron chi connectivity index (χ0n) is 16.5. The lowest BCUT2D eigenvalue weighted by molar-refractivity contribution is -0.122. The van der Waals surface area contributed by atoms with Crippen LogP contribution in [-0.2, 0) is 14.3 Å². The first kappa shape index (κ1) is 18.7. The summed E-state index contributed by atoms with van der Waals surface area (Å²) in [5.74, 6) is -1.05. The second-order valence-electron chi connectivity index (χ2n) is 7.91. The molecule has 0 saturated carbocycles. The number of aromatic amines is 1. The standard InChI is InChI=1S/C21H20N4O4/c1-11-5-6-14-12(9-11)13(10-22-14)16-17(19(27)23-18(16)26)15-7-8-25(24-15)20(28)29-21(2,3)4/h5-10,22H,1-4H3,(H,23,26,27). The van der Waals surface area contributed by atoms with Gasteiger partial charge in [0, 0.05) is 28.9 Å². The molecule has 4 rings (SSSR count). The van der Waals surface area contributed by atoms with Crippen LogP contribution in [0.3, 0.4) is 0 Å². The van der Waals surface area contributed by atoms with Crippen molar-refractivity contribution in [2.75, 3.05) is 0 Å². The van der Waals surface area contributed by atoms with Crippen LogP contribution in [0.15, 0.2) is 36.7 Å². The Hall–Kier alpha value is -3.68. The minimum Gasteiger partial charge on any atom is -0.442 e. The molecule has 0 atom stereocenters. The van der Waals surface area contributed by atoms with Crippen LogP contribution < -0.4 is 5.32 Å². The maximum absolute atomic E-state index is 12.6. The molecule has 2 aromatic heterocycles. The minimum absolute atomic E-state index is 0.125. The van der Waals surface area contributed by atoms with E-state index in [4.69, 9.17) is 4.74 Å². The van der Waals surface area contributed by atoms with Crippen LogP contribution >= 0.6 is 0 Å². The van der Waals surface area contributed by atoms with Gasteiger partial charge in [0.25, 0.3) is 11.8 Å². The molecule has 0 fully saturated rings. The monoisotopic (exact) mass is 392 g/mol. The predicted molar refractivity (Wildman–Crippen MR) is 107 cm³/mol. The van der Waals surface area contributed by atoms with Gasteiger partial charge in [0.1, 0.15) is 5.60 Å². The Morgan fingerprint density at radius 2 is 1.83 bits per heavy atom. The van der Waals surface area contributed by atoms with Crippen LogP contribution in [0.25, 0.3) is 22.0 Å². The summed E-state index contributed by atoms with van der Waals surface area (Å²) in [5, 5.41) is 7.34. The van der Waals surface area contributed by atoms with E-state index in [2.05, 4.69) is 15.4 Å². The van der Waals surface area contributed by atoms with Crippen molar-refractivity contribution in [3.63, 3.8) is 0 Å². The van der Waals surface area contributed by atoms with E-state index >= 15 is 0 Å². The number of aromatic nitrogens is 3. The van der Waals surface area contributed by atoms with E-state index in [9.17, 15) is 14.4 Å². The molecule has 1 aromatic carbocycles. The van der Waals surface area contributed by atoms with Crippen molar-refractivity contribution in [3.8, 4) is 0 Å². The number of rotatable bonds is 2. The molecule has 3 aromatic rings. The summed E-state index contributed by atoms with van der Waals surface area (Å²) in [5.41, 5.74) is 2.37. The number of amides is 2. The fraction of sp³-hybridized carbons (Fsp3) is 0.238. The smallest absolute Gasteiger partial charge is 0.435 e. The van der Waals surface area contributed by atoms with Gasteiger partial charge in [0.05, 0.1) is 16.8 Å². The van der Waals surface area contributed by atoms with Gasteiger partial charge in [0.2, 0.25) is 0 Å². The Balaban J connectivity index is 1.83. The molecule has 0 radical (unpaired) electrons. The average molecular weight is 392 g/mol. The minimum atomic E-state index is -0.684. The Morgan fingerprint density at radius 1 is 1.10 bits per heavy atom. The first-order chi connectivity index (χ1) is 13.6. The maximum atomic E-state index is 12.6. The third kappa shape index (κ3) is 3.33. The van der Waals surface area contributed by atoms with Crippen LogP contribution in [0.2, 0.25) is 0 Å². The van der Waals surface area contributed by atoms with Crippen LogP contribution in [0.1, 0.15) is 37.6 Å². The van der Waals surface area contributed by atoms with Crippen LogP contribution in [-0.4, -0.2) is 38.3 Å². The first-order valence-corrected chi connectivity index (χ1v) is 9.11. The predicted octanol–water partition coefficient (Wildman–Crippen LogP) is 3.02. The number of H-pyrrole nitrogens is 1. The van der Waals surface area contributed by atoms with Crippen LogP contribution in [0.5, 0.6) is 0 Å². The number of hydrogen-bond acceptors (Lipinski definition) is 5. The summed E-state index contributed by atoms with van der Waals surface area (Å²) in [6, 6.07) is 7.33. The number of nitrogens with one attached hydrogen (secondary N) is 2. The zero-order chi connectivity index (χ0) is 20.9. The molecule has 0 aliphatic carbocycles. The molecule has 0 spiro atoms. The Morgan fingerprint density at radius 3 is 2.55 bits per heavy atom. The molecular formula is C21H20N4O4. The molecule has 2 amide bonds. The van der Waals surface area contributed by atoms with Gasteiger partial charge in [-0.3, -0.25) is 14.9 Å². The van der Waals surface area contributed by atoms with Crippen molar-refractivity contribution < 1.29 is 19.1 Å². The lowest BCUT2D eigenvalue weighted by Gasteiger charge is -2.18. The molecule has 0 bridgehead atoms. The van der Waals surface area contributed by atoms with Gasteiger partial charge < -0.3 is 9.72 Å². The van der Waals surface area contributed by atoms with Crippen molar-refractivity contribution in [2.24, 2.45) is 0 Å². The van der Waals surface area contributed by atoms with Gasteiger partial charge in [-0.05, 0) is 45.9 Å². The fourth-order valence-corrected chi connectivity index (χ4v) is 3.27. The number of carbonyl (C=O) groups excluding carboxylic acids is 3. The number of ether oxygens (including phenoxy) is 1. The first-order valence-electron chi connectivity index (χ1n) is 9.11. The van der Waals surface area contributed by atoms with Gasteiger partial charge in [-0.15, -0.1) is 0 Å². The number of imide groups is 1. The molecule has 148 valence electrons. The third-order valence-corrected chi connectivity index (χ3v) is 4.46. The number of aryl methyl sites for hydroxylation is 1. The summed E-state index contributed by atoms with van der Waals surface area (Å²) in [7, 11) is 0. The van der Waals surface area contributed by atoms with Gasteiger partial charge in [-0.25, -0.2) is 4.79 Å². The zero-order valence-corrected chi connectivity index (χ0v) is 16.5.